The van der Waals surface area contributed by atoms with E-state index in [1.807, 2.05) is 24.3 Å². The zero-order chi connectivity index (χ0) is 12.8. The number of halogens is 1. The van der Waals surface area contributed by atoms with Crippen LogP contribution < -0.4 is 5.32 Å². The van der Waals surface area contributed by atoms with E-state index in [-0.39, 0.29) is 5.78 Å². The predicted octanol–water partition coefficient (Wildman–Crippen LogP) is 3.94. The number of benzene rings is 1. The Morgan fingerprint density at radius 1 is 1.11 bits per heavy atom. The Bertz CT molecular complexity index is 380. The van der Waals surface area contributed by atoms with Gasteiger partial charge in [0.15, 0.2) is 5.78 Å². The van der Waals surface area contributed by atoms with E-state index in [1.165, 1.54) is 38.5 Å². The van der Waals surface area contributed by atoms with Crippen molar-refractivity contribution in [3.05, 3.63) is 34.3 Å². The number of hydrogen-bond donors (Lipinski definition) is 1. The Morgan fingerprint density at radius 3 is 2.33 bits per heavy atom. The molecule has 0 spiro atoms. The van der Waals surface area contributed by atoms with E-state index in [1.54, 1.807) is 0 Å². The lowest BCUT2D eigenvalue weighted by atomic mass is 10.1. The lowest BCUT2D eigenvalue weighted by Gasteiger charge is -2.15. The monoisotopic (exact) mass is 309 g/mol. The minimum atomic E-state index is 0.187. The first-order valence-corrected chi connectivity index (χ1v) is 7.57. The molecule has 1 aromatic carbocycles. The van der Waals surface area contributed by atoms with Crippen molar-refractivity contribution in [2.45, 2.75) is 44.6 Å². The molecule has 98 valence electrons. The predicted molar refractivity (Wildman–Crippen MR) is 78.0 cm³/mol. The molecule has 0 radical (unpaired) electrons. The summed E-state index contributed by atoms with van der Waals surface area (Å²) in [6.07, 6.45) is 7.72. The molecular formula is C15H20BrNO. The fraction of sp³-hybridized carbons (Fsp3) is 0.533. The summed E-state index contributed by atoms with van der Waals surface area (Å²) in [4.78, 5) is 12.0. The third kappa shape index (κ3) is 4.21. The zero-order valence-corrected chi connectivity index (χ0v) is 12.2. The molecule has 0 atom stereocenters. The van der Waals surface area contributed by atoms with Crippen molar-refractivity contribution < 1.29 is 4.79 Å². The molecule has 0 unspecified atom stereocenters. The molecule has 1 fully saturated rings. The number of rotatable bonds is 4. The van der Waals surface area contributed by atoms with Crippen LogP contribution in [0.5, 0.6) is 0 Å². The average Bonchev–Trinajstić information content (AvgIpc) is 2.65. The third-order valence-electron chi connectivity index (χ3n) is 3.57. The molecule has 0 aromatic heterocycles. The van der Waals surface area contributed by atoms with Crippen molar-refractivity contribution in [3.63, 3.8) is 0 Å². The molecule has 0 amide bonds. The molecule has 1 N–H and O–H groups in total. The van der Waals surface area contributed by atoms with Crippen molar-refractivity contribution in [1.82, 2.24) is 5.32 Å². The van der Waals surface area contributed by atoms with Gasteiger partial charge in [0.2, 0.25) is 0 Å². The van der Waals surface area contributed by atoms with Gasteiger partial charge in [-0.15, -0.1) is 0 Å². The van der Waals surface area contributed by atoms with Gasteiger partial charge in [-0.1, -0.05) is 53.7 Å². The average molecular weight is 310 g/mol. The van der Waals surface area contributed by atoms with E-state index in [0.29, 0.717) is 12.6 Å². The molecule has 1 saturated carbocycles. The fourth-order valence-electron chi connectivity index (χ4n) is 2.46. The first-order chi connectivity index (χ1) is 8.75. The van der Waals surface area contributed by atoms with Crippen LogP contribution in [0.25, 0.3) is 0 Å². The van der Waals surface area contributed by atoms with Gasteiger partial charge in [-0.05, 0) is 25.0 Å². The third-order valence-corrected chi connectivity index (χ3v) is 4.10. The molecule has 2 nitrogen and oxygen atoms in total. The molecule has 0 heterocycles. The highest BCUT2D eigenvalue weighted by Crippen LogP contribution is 2.17. The minimum absolute atomic E-state index is 0.187. The number of carbonyl (C=O) groups excluding carboxylic acids is 1. The lowest BCUT2D eigenvalue weighted by molar-refractivity contribution is 0.0986. The van der Waals surface area contributed by atoms with Gasteiger partial charge in [0.25, 0.3) is 0 Å². The highest BCUT2D eigenvalue weighted by Gasteiger charge is 2.13. The molecule has 1 aromatic rings. The SMILES string of the molecule is O=C(CNC1CCCCCC1)c1ccc(Br)cc1. The molecule has 2 rings (SSSR count). The molecular weight excluding hydrogens is 290 g/mol. The van der Waals surface area contributed by atoms with Crippen LogP contribution in [0.1, 0.15) is 48.9 Å². The van der Waals surface area contributed by atoms with Crippen LogP contribution in [0.4, 0.5) is 0 Å². The van der Waals surface area contributed by atoms with E-state index in [2.05, 4.69) is 21.2 Å². The van der Waals surface area contributed by atoms with Crippen LogP contribution in [0.2, 0.25) is 0 Å². The Morgan fingerprint density at radius 2 is 1.72 bits per heavy atom. The van der Waals surface area contributed by atoms with Crippen LogP contribution in [-0.2, 0) is 0 Å². The van der Waals surface area contributed by atoms with Crippen LogP contribution in [-0.4, -0.2) is 18.4 Å². The highest BCUT2D eigenvalue weighted by atomic mass is 79.9. The largest absolute Gasteiger partial charge is 0.307 e. The first-order valence-electron chi connectivity index (χ1n) is 6.78. The van der Waals surface area contributed by atoms with Crippen molar-refractivity contribution in [1.29, 1.82) is 0 Å². The summed E-state index contributed by atoms with van der Waals surface area (Å²) in [6, 6.07) is 8.12. The van der Waals surface area contributed by atoms with Gasteiger partial charge in [0.05, 0.1) is 6.54 Å². The van der Waals surface area contributed by atoms with Crippen molar-refractivity contribution >= 4 is 21.7 Å². The summed E-state index contributed by atoms with van der Waals surface area (Å²) in [5.41, 5.74) is 0.791. The molecule has 1 aliphatic rings. The normalized spacial score (nSPS) is 17.4. The van der Waals surface area contributed by atoms with Crippen LogP contribution >= 0.6 is 15.9 Å². The molecule has 1 aliphatic carbocycles. The standard InChI is InChI=1S/C15H20BrNO/c16-13-9-7-12(8-10-13)15(18)11-17-14-5-3-1-2-4-6-14/h7-10,14,17H,1-6,11H2. The van der Waals surface area contributed by atoms with Gasteiger partial charge in [-0.25, -0.2) is 0 Å². The molecule has 3 heteroatoms. The van der Waals surface area contributed by atoms with E-state index in [0.717, 1.165) is 10.0 Å². The Labute approximate surface area is 117 Å². The maximum atomic E-state index is 12.0. The van der Waals surface area contributed by atoms with Crippen LogP contribution in [0.15, 0.2) is 28.7 Å². The maximum Gasteiger partial charge on any atom is 0.176 e. The second-order valence-corrected chi connectivity index (χ2v) is 5.92. The van der Waals surface area contributed by atoms with E-state index < -0.39 is 0 Å². The second-order valence-electron chi connectivity index (χ2n) is 5.00. The number of nitrogens with one attached hydrogen (secondary N) is 1. The number of ketones is 1. The Balaban J connectivity index is 1.82. The Kier molecular flexibility index (Phi) is 5.39. The minimum Gasteiger partial charge on any atom is -0.307 e. The lowest BCUT2D eigenvalue weighted by Crippen LogP contribution is -2.33. The zero-order valence-electron chi connectivity index (χ0n) is 10.6. The van der Waals surface area contributed by atoms with Crippen LogP contribution in [0.3, 0.4) is 0 Å². The van der Waals surface area contributed by atoms with Gasteiger partial charge in [-0.3, -0.25) is 4.79 Å². The van der Waals surface area contributed by atoms with Crippen molar-refractivity contribution in [3.8, 4) is 0 Å². The van der Waals surface area contributed by atoms with Gasteiger partial charge in [0.1, 0.15) is 0 Å². The van der Waals surface area contributed by atoms with Gasteiger partial charge in [-0.2, -0.15) is 0 Å². The fourth-order valence-corrected chi connectivity index (χ4v) is 2.72. The first kappa shape index (κ1) is 13.8. The van der Waals surface area contributed by atoms with Crippen LogP contribution in [0, 0.1) is 0 Å². The van der Waals surface area contributed by atoms with E-state index >= 15 is 0 Å². The van der Waals surface area contributed by atoms with Crippen molar-refractivity contribution in [2.75, 3.05) is 6.54 Å². The van der Waals surface area contributed by atoms with E-state index in [9.17, 15) is 4.79 Å². The summed E-state index contributed by atoms with van der Waals surface area (Å²) in [7, 11) is 0. The quantitative estimate of drug-likeness (QED) is 0.674. The summed E-state index contributed by atoms with van der Waals surface area (Å²) < 4.78 is 1.01. The van der Waals surface area contributed by atoms with E-state index in [4.69, 9.17) is 0 Å². The molecule has 0 bridgehead atoms. The van der Waals surface area contributed by atoms with Gasteiger partial charge in [0, 0.05) is 16.1 Å². The van der Waals surface area contributed by atoms with Crippen molar-refractivity contribution in [2.24, 2.45) is 0 Å². The summed E-state index contributed by atoms with van der Waals surface area (Å²) in [5, 5.41) is 3.41. The number of carbonyl (C=O) groups is 1. The molecule has 0 aliphatic heterocycles. The number of Topliss-reactive ketones (excluding diaryl/α,β-unsaturated/α-hetero) is 1. The highest BCUT2D eigenvalue weighted by molar-refractivity contribution is 9.10. The molecule has 18 heavy (non-hydrogen) atoms. The topological polar surface area (TPSA) is 29.1 Å². The summed E-state index contributed by atoms with van der Waals surface area (Å²) in [5.74, 6) is 0.187. The second kappa shape index (κ2) is 7.05. The summed E-state index contributed by atoms with van der Waals surface area (Å²) in [6.45, 7) is 0.465. The smallest absolute Gasteiger partial charge is 0.176 e. The molecule has 0 saturated heterocycles. The Hall–Kier alpha value is -0.670. The number of hydrogen-bond acceptors (Lipinski definition) is 2. The summed E-state index contributed by atoms with van der Waals surface area (Å²) >= 11 is 3.38. The maximum absolute atomic E-state index is 12.0. The van der Waals surface area contributed by atoms with Gasteiger partial charge < -0.3 is 5.32 Å². The van der Waals surface area contributed by atoms with Gasteiger partial charge >= 0.3 is 0 Å².